The van der Waals surface area contributed by atoms with Crippen LogP contribution < -0.4 is 5.32 Å². The number of esters is 1. The van der Waals surface area contributed by atoms with Crippen LogP contribution in [0, 0.1) is 5.82 Å². The summed E-state index contributed by atoms with van der Waals surface area (Å²) in [6.45, 7) is 0.173. The van der Waals surface area contributed by atoms with Crippen LogP contribution in [0.2, 0.25) is 0 Å². The van der Waals surface area contributed by atoms with Gasteiger partial charge in [0.1, 0.15) is 16.7 Å². The van der Waals surface area contributed by atoms with E-state index >= 15 is 0 Å². The molecule has 0 aliphatic carbocycles. The maximum Gasteiger partial charge on any atom is 0.350 e. The molecule has 162 valence electrons. The largest absolute Gasteiger partial charge is 0.465 e. The van der Waals surface area contributed by atoms with Crippen molar-refractivity contribution in [3.8, 4) is 0 Å². The summed E-state index contributed by atoms with van der Waals surface area (Å²) in [4.78, 5) is 25.5. The van der Waals surface area contributed by atoms with Gasteiger partial charge >= 0.3 is 5.97 Å². The van der Waals surface area contributed by atoms with Crippen LogP contribution in [-0.4, -0.2) is 44.3 Å². The molecule has 31 heavy (non-hydrogen) atoms. The van der Waals surface area contributed by atoms with Gasteiger partial charge in [-0.15, -0.1) is 11.3 Å². The number of halogens is 1. The monoisotopic (exact) mass is 462 g/mol. The van der Waals surface area contributed by atoms with E-state index in [9.17, 15) is 22.4 Å². The SMILES string of the molecule is COC(=O)c1sc2ccccc2c1NC(=O)C1CCCN1S(=O)(=O)c1ccc(F)cc1. The van der Waals surface area contributed by atoms with Crippen LogP contribution in [0.3, 0.4) is 0 Å². The normalized spacial score (nSPS) is 17.0. The van der Waals surface area contributed by atoms with E-state index in [1.165, 1.54) is 30.6 Å². The number of carbonyl (C=O) groups excluding carboxylic acids is 2. The van der Waals surface area contributed by atoms with Gasteiger partial charge in [-0.1, -0.05) is 18.2 Å². The van der Waals surface area contributed by atoms with E-state index < -0.39 is 33.8 Å². The highest BCUT2D eigenvalue weighted by molar-refractivity contribution is 7.89. The summed E-state index contributed by atoms with van der Waals surface area (Å²) < 4.78 is 46.1. The second-order valence-electron chi connectivity index (χ2n) is 7.01. The fourth-order valence-electron chi connectivity index (χ4n) is 3.64. The summed E-state index contributed by atoms with van der Waals surface area (Å²) in [5.41, 5.74) is 0.309. The van der Waals surface area contributed by atoms with Gasteiger partial charge in [0.25, 0.3) is 0 Å². The van der Waals surface area contributed by atoms with Gasteiger partial charge in [0.15, 0.2) is 0 Å². The molecule has 1 atom stereocenters. The first-order valence-corrected chi connectivity index (χ1v) is 11.8. The highest BCUT2D eigenvalue weighted by Gasteiger charge is 2.40. The van der Waals surface area contributed by atoms with Gasteiger partial charge in [-0.2, -0.15) is 4.31 Å². The third kappa shape index (κ3) is 3.93. The van der Waals surface area contributed by atoms with Gasteiger partial charge in [0.2, 0.25) is 15.9 Å². The number of carbonyl (C=O) groups is 2. The highest BCUT2D eigenvalue weighted by atomic mass is 32.2. The molecular weight excluding hydrogens is 443 g/mol. The van der Waals surface area contributed by atoms with Gasteiger partial charge in [-0.05, 0) is 43.2 Å². The minimum Gasteiger partial charge on any atom is -0.465 e. The molecule has 1 unspecified atom stereocenters. The minimum atomic E-state index is -3.99. The lowest BCUT2D eigenvalue weighted by molar-refractivity contribution is -0.119. The van der Waals surface area contributed by atoms with Crippen LogP contribution in [0.25, 0.3) is 10.1 Å². The second kappa shape index (κ2) is 8.37. The molecule has 7 nitrogen and oxygen atoms in total. The average molecular weight is 463 g/mol. The van der Waals surface area contributed by atoms with Crippen molar-refractivity contribution in [1.29, 1.82) is 0 Å². The Hall–Kier alpha value is -2.82. The van der Waals surface area contributed by atoms with Gasteiger partial charge in [-0.3, -0.25) is 4.79 Å². The van der Waals surface area contributed by atoms with E-state index in [0.29, 0.717) is 23.9 Å². The maximum atomic E-state index is 13.2. The molecule has 10 heteroatoms. The third-order valence-electron chi connectivity index (χ3n) is 5.14. The van der Waals surface area contributed by atoms with Crippen LogP contribution in [0.1, 0.15) is 22.5 Å². The molecule has 1 aliphatic heterocycles. The Morgan fingerprint density at radius 3 is 2.58 bits per heavy atom. The molecule has 2 aromatic carbocycles. The molecule has 0 saturated carbocycles. The van der Waals surface area contributed by atoms with E-state index in [1.54, 1.807) is 12.1 Å². The molecule has 3 aromatic rings. The number of amides is 1. The lowest BCUT2D eigenvalue weighted by atomic mass is 10.2. The third-order valence-corrected chi connectivity index (χ3v) is 8.21. The Labute approximate surface area is 182 Å². The number of nitrogens with one attached hydrogen (secondary N) is 1. The first kappa shape index (κ1) is 21.4. The molecule has 1 saturated heterocycles. The number of thiophene rings is 1. The number of sulfonamides is 1. The highest BCUT2D eigenvalue weighted by Crippen LogP contribution is 2.37. The minimum absolute atomic E-state index is 0.0789. The van der Waals surface area contributed by atoms with Crippen LogP contribution in [0.4, 0.5) is 10.1 Å². The van der Waals surface area contributed by atoms with Crippen LogP contribution in [0.5, 0.6) is 0 Å². The van der Waals surface area contributed by atoms with Crippen molar-refractivity contribution in [2.24, 2.45) is 0 Å². The summed E-state index contributed by atoms with van der Waals surface area (Å²) in [6, 6.07) is 10.7. The molecule has 0 bridgehead atoms. The van der Waals surface area contributed by atoms with E-state index in [2.05, 4.69) is 5.32 Å². The molecule has 1 N–H and O–H groups in total. The first-order valence-electron chi connectivity index (χ1n) is 9.51. The number of fused-ring (bicyclic) bond motifs is 1. The zero-order chi connectivity index (χ0) is 22.2. The lowest BCUT2D eigenvalue weighted by Crippen LogP contribution is -2.43. The number of hydrogen-bond acceptors (Lipinski definition) is 6. The van der Waals surface area contributed by atoms with Crippen molar-refractivity contribution < 1.29 is 27.1 Å². The van der Waals surface area contributed by atoms with Gasteiger partial charge in [-0.25, -0.2) is 17.6 Å². The van der Waals surface area contributed by atoms with Crippen molar-refractivity contribution in [3.63, 3.8) is 0 Å². The van der Waals surface area contributed by atoms with Crippen molar-refractivity contribution in [2.45, 2.75) is 23.8 Å². The topological polar surface area (TPSA) is 92.8 Å². The van der Waals surface area contributed by atoms with Crippen LogP contribution in [0.15, 0.2) is 53.4 Å². The number of benzene rings is 2. The Bertz CT molecular complexity index is 1250. The predicted molar refractivity (Wildman–Crippen MR) is 115 cm³/mol. The van der Waals surface area contributed by atoms with Gasteiger partial charge in [0.05, 0.1) is 17.7 Å². The first-order chi connectivity index (χ1) is 14.8. The summed E-state index contributed by atoms with van der Waals surface area (Å²) in [6.07, 6.45) is 0.842. The summed E-state index contributed by atoms with van der Waals surface area (Å²) >= 11 is 1.19. The maximum absolute atomic E-state index is 13.2. The molecule has 1 amide bonds. The smallest absolute Gasteiger partial charge is 0.350 e. The molecule has 0 spiro atoms. The summed E-state index contributed by atoms with van der Waals surface area (Å²) in [7, 11) is -2.73. The number of anilines is 1. The Kier molecular flexibility index (Phi) is 5.78. The number of ether oxygens (including phenoxy) is 1. The van der Waals surface area contributed by atoms with E-state index in [-0.39, 0.29) is 16.3 Å². The van der Waals surface area contributed by atoms with E-state index in [4.69, 9.17) is 4.74 Å². The van der Waals surface area contributed by atoms with E-state index in [1.807, 2.05) is 12.1 Å². The second-order valence-corrected chi connectivity index (χ2v) is 9.95. The molecule has 2 heterocycles. The van der Waals surface area contributed by atoms with Crippen LogP contribution >= 0.6 is 11.3 Å². The standard InChI is InChI=1S/C21H19FN2O5S2/c1-29-21(26)19-18(15-5-2-3-7-17(15)30-19)23-20(25)16-6-4-12-24(16)31(27,28)14-10-8-13(22)9-11-14/h2-3,5,7-11,16H,4,6,12H2,1H3,(H,23,25). The number of methoxy groups -OCH3 is 1. The summed E-state index contributed by atoms with van der Waals surface area (Å²) in [5, 5.41) is 3.43. The van der Waals surface area contributed by atoms with Crippen molar-refractivity contribution in [3.05, 3.63) is 59.2 Å². The van der Waals surface area contributed by atoms with Gasteiger partial charge in [0, 0.05) is 16.6 Å². The number of rotatable bonds is 5. The molecule has 1 aliphatic rings. The van der Waals surface area contributed by atoms with Crippen molar-refractivity contribution in [1.82, 2.24) is 4.31 Å². The molecular formula is C21H19FN2O5S2. The van der Waals surface area contributed by atoms with Gasteiger partial charge < -0.3 is 10.1 Å². The molecule has 1 aromatic heterocycles. The lowest BCUT2D eigenvalue weighted by Gasteiger charge is -2.23. The fourth-order valence-corrected chi connectivity index (χ4v) is 6.38. The quantitative estimate of drug-likeness (QED) is 0.585. The molecule has 4 rings (SSSR count). The molecule has 1 fully saturated rings. The Morgan fingerprint density at radius 1 is 1.16 bits per heavy atom. The Morgan fingerprint density at radius 2 is 1.87 bits per heavy atom. The zero-order valence-electron chi connectivity index (χ0n) is 16.5. The van der Waals surface area contributed by atoms with Crippen molar-refractivity contribution in [2.75, 3.05) is 19.0 Å². The number of hydrogen-bond donors (Lipinski definition) is 1. The average Bonchev–Trinajstić information content (AvgIpc) is 3.40. The molecule has 0 radical (unpaired) electrons. The fraction of sp³-hybridized carbons (Fsp3) is 0.238. The van der Waals surface area contributed by atoms with Crippen molar-refractivity contribution >= 4 is 49.0 Å². The number of nitrogens with zero attached hydrogens (tertiary/aromatic N) is 1. The predicted octanol–water partition coefficient (Wildman–Crippen LogP) is 3.62. The zero-order valence-corrected chi connectivity index (χ0v) is 18.1. The Balaban J connectivity index is 1.66. The van der Waals surface area contributed by atoms with E-state index in [0.717, 1.165) is 21.1 Å². The summed E-state index contributed by atoms with van der Waals surface area (Å²) in [5.74, 6) is -1.66. The van der Waals surface area contributed by atoms with Crippen LogP contribution in [-0.2, 0) is 19.6 Å².